The first-order chi connectivity index (χ1) is 25.7. The number of anilines is 4. The molecule has 3 aromatic rings. The fourth-order valence-corrected chi connectivity index (χ4v) is 5.11. The maximum Gasteiger partial charge on any atom is 0.407 e. The highest BCUT2D eigenvalue weighted by Crippen LogP contribution is 2.39. The number of ether oxygens (including phenoxy) is 4. The van der Waals surface area contributed by atoms with E-state index < -0.39 is 35.2 Å². The molecule has 14 nitrogen and oxygen atoms in total. The molecule has 0 atom stereocenters. The summed E-state index contributed by atoms with van der Waals surface area (Å²) in [4.78, 5) is 51.7. The molecule has 0 bridgehead atoms. The Balaban J connectivity index is 1.84. The molecule has 3 rings (SSSR count). The molecule has 3 aromatic carbocycles. The summed E-state index contributed by atoms with van der Waals surface area (Å²) in [6.45, 7) is 23.0. The van der Waals surface area contributed by atoms with Crippen LogP contribution in [-0.4, -0.2) is 61.5 Å². The van der Waals surface area contributed by atoms with E-state index in [-0.39, 0.29) is 59.8 Å². The van der Waals surface area contributed by atoms with Crippen molar-refractivity contribution >= 4 is 46.8 Å². The molecule has 306 valence electrons. The molecule has 0 unspecified atom stereocenters. The molecular weight excluding hydrogens is 716 g/mol. The van der Waals surface area contributed by atoms with Crippen LogP contribution in [0.4, 0.5) is 32.3 Å². The smallest absolute Gasteiger partial charge is 0.407 e. The second-order valence-corrected chi connectivity index (χ2v) is 17.4. The lowest BCUT2D eigenvalue weighted by molar-refractivity contribution is 0.0509. The van der Waals surface area contributed by atoms with Gasteiger partial charge in [0.1, 0.15) is 24.4 Å². The van der Waals surface area contributed by atoms with Crippen LogP contribution in [0.3, 0.4) is 0 Å². The van der Waals surface area contributed by atoms with Gasteiger partial charge in [0.15, 0.2) is 11.5 Å². The van der Waals surface area contributed by atoms with Gasteiger partial charge in [-0.15, -0.1) is 0 Å². The maximum absolute atomic E-state index is 13.8. The van der Waals surface area contributed by atoms with Crippen LogP contribution >= 0.6 is 0 Å². The predicted octanol–water partition coefficient (Wildman–Crippen LogP) is 7.76. The molecule has 8 N–H and O–H groups in total. The second kappa shape index (κ2) is 17.9. The van der Waals surface area contributed by atoms with Crippen molar-refractivity contribution in [1.82, 2.24) is 10.6 Å². The summed E-state index contributed by atoms with van der Waals surface area (Å²) in [5.74, 6) is -0.558. The Morgan fingerprint density at radius 1 is 0.554 bits per heavy atom. The molecule has 14 heteroatoms. The van der Waals surface area contributed by atoms with Crippen molar-refractivity contribution in [1.29, 1.82) is 0 Å². The number of alkyl carbamates (subject to hydrolysis) is 2. The van der Waals surface area contributed by atoms with Gasteiger partial charge in [-0.05, 0) is 106 Å². The minimum atomic E-state index is -0.653. The Hall–Kier alpha value is -5.66. The van der Waals surface area contributed by atoms with Crippen molar-refractivity contribution in [3.63, 3.8) is 0 Å². The molecule has 0 fully saturated rings. The Morgan fingerprint density at radius 2 is 0.911 bits per heavy atom. The quantitative estimate of drug-likeness (QED) is 0.0779. The first-order valence-electron chi connectivity index (χ1n) is 18.5. The van der Waals surface area contributed by atoms with E-state index in [4.69, 9.17) is 30.4 Å². The molecule has 0 saturated heterocycles. The molecule has 56 heavy (non-hydrogen) atoms. The van der Waals surface area contributed by atoms with Gasteiger partial charge < -0.3 is 51.7 Å². The van der Waals surface area contributed by atoms with Gasteiger partial charge >= 0.3 is 12.2 Å². The number of rotatable bonds is 12. The topological polar surface area (TPSA) is 205 Å². The maximum atomic E-state index is 13.8. The predicted molar refractivity (Wildman–Crippen MR) is 221 cm³/mol. The van der Waals surface area contributed by atoms with E-state index >= 15 is 0 Å². The van der Waals surface area contributed by atoms with E-state index in [9.17, 15) is 19.2 Å². The van der Waals surface area contributed by atoms with E-state index in [1.807, 2.05) is 41.5 Å². The summed E-state index contributed by atoms with van der Waals surface area (Å²) >= 11 is 0. The van der Waals surface area contributed by atoms with Crippen molar-refractivity contribution in [3.8, 4) is 11.5 Å². The summed E-state index contributed by atoms with van der Waals surface area (Å²) in [6.07, 6.45) is -1.17. The largest absolute Gasteiger partial charge is 0.487 e. The minimum absolute atomic E-state index is 0.0454. The highest BCUT2D eigenvalue weighted by molar-refractivity contribution is 6.10. The number of carbonyl (C=O) groups excluding carboxylic acids is 4. The fraction of sp³-hybridized carbons (Fsp3) is 0.476. The van der Waals surface area contributed by atoms with E-state index in [0.29, 0.717) is 22.7 Å². The first-order valence-corrected chi connectivity index (χ1v) is 18.5. The Morgan fingerprint density at radius 3 is 1.23 bits per heavy atom. The SMILES string of the molecule is CC(C)(C)OC(=O)NCCOc1c(N)cc(C(C)(C)C)cc1NC(=O)c1cccc(C(=O)Nc2cc(C(C)(C)C)cc(N)c2OCCNC(=O)OC(C)(C)C)c1. The monoisotopic (exact) mass is 776 g/mol. The fourth-order valence-electron chi connectivity index (χ4n) is 5.11. The van der Waals surface area contributed by atoms with E-state index in [2.05, 4.69) is 21.3 Å². The Bertz CT molecular complexity index is 1770. The number of benzene rings is 3. The average molecular weight is 777 g/mol. The minimum Gasteiger partial charge on any atom is -0.487 e. The third-order valence-corrected chi connectivity index (χ3v) is 7.88. The van der Waals surface area contributed by atoms with Crippen molar-refractivity contribution < 1.29 is 38.1 Å². The van der Waals surface area contributed by atoms with E-state index in [0.717, 1.165) is 11.1 Å². The summed E-state index contributed by atoms with van der Waals surface area (Å²) in [6, 6.07) is 13.4. The van der Waals surface area contributed by atoms with Crippen LogP contribution in [0.25, 0.3) is 0 Å². The molecule has 0 radical (unpaired) electrons. The van der Waals surface area contributed by atoms with Crippen LogP contribution in [0, 0.1) is 0 Å². The number of carbonyl (C=O) groups is 4. The zero-order valence-corrected chi connectivity index (χ0v) is 34.9. The Labute approximate surface area is 330 Å². The summed E-state index contributed by atoms with van der Waals surface area (Å²) in [5.41, 5.74) is 14.3. The van der Waals surface area contributed by atoms with Crippen LogP contribution in [0.15, 0.2) is 48.5 Å². The molecule has 0 heterocycles. The van der Waals surface area contributed by atoms with Crippen molar-refractivity contribution in [2.75, 3.05) is 48.4 Å². The lowest BCUT2D eigenvalue weighted by atomic mass is 9.86. The molecule has 0 aromatic heterocycles. The summed E-state index contributed by atoms with van der Waals surface area (Å²) < 4.78 is 22.5. The van der Waals surface area contributed by atoms with Gasteiger partial charge in [-0.25, -0.2) is 9.59 Å². The number of hydrogen-bond acceptors (Lipinski definition) is 10. The van der Waals surface area contributed by atoms with Crippen LogP contribution in [0.2, 0.25) is 0 Å². The third kappa shape index (κ3) is 13.9. The van der Waals surface area contributed by atoms with Gasteiger partial charge in [-0.1, -0.05) is 47.6 Å². The van der Waals surface area contributed by atoms with Gasteiger partial charge in [0.25, 0.3) is 11.8 Å². The van der Waals surface area contributed by atoms with Gasteiger partial charge in [-0.3, -0.25) is 9.59 Å². The van der Waals surface area contributed by atoms with E-state index in [1.54, 1.807) is 84.0 Å². The summed E-state index contributed by atoms with van der Waals surface area (Å²) in [5, 5.41) is 11.1. The first kappa shape index (κ1) is 44.7. The Kier molecular flexibility index (Phi) is 14.3. The van der Waals surface area contributed by atoms with E-state index in [1.165, 1.54) is 6.07 Å². The molecule has 4 amide bonds. The number of amides is 4. The molecule has 0 spiro atoms. The van der Waals surface area contributed by atoms with Gasteiger partial charge in [0.05, 0.1) is 35.8 Å². The zero-order chi connectivity index (χ0) is 42.2. The molecular formula is C42H60N6O8. The third-order valence-electron chi connectivity index (χ3n) is 7.88. The summed E-state index contributed by atoms with van der Waals surface area (Å²) in [7, 11) is 0. The number of hydrogen-bond donors (Lipinski definition) is 6. The number of nitrogens with one attached hydrogen (secondary N) is 4. The van der Waals surface area contributed by atoms with Crippen LogP contribution in [0.5, 0.6) is 11.5 Å². The molecule has 0 aliphatic carbocycles. The highest BCUT2D eigenvalue weighted by Gasteiger charge is 2.24. The number of nitrogens with two attached hydrogens (primary N) is 2. The molecule has 0 aliphatic rings. The van der Waals surface area contributed by atoms with Crippen molar-refractivity contribution in [2.24, 2.45) is 0 Å². The van der Waals surface area contributed by atoms with Crippen molar-refractivity contribution in [3.05, 3.63) is 70.8 Å². The van der Waals surface area contributed by atoms with Gasteiger partial charge in [-0.2, -0.15) is 0 Å². The van der Waals surface area contributed by atoms with Crippen molar-refractivity contribution in [2.45, 2.75) is 105 Å². The lowest BCUT2D eigenvalue weighted by Crippen LogP contribution is -2.34. The zero-order valence-electron chi connectivity index (χ0n) is 34.9. The van der Waals surface area contributed by atoms with Gasteiger partial charge in [0, 0.05) is 11.1 Å². The normalized spacial score (nSPS) is 11.9. The number of nitrogen functional groups attached to an aromatic ring is 2. The second-order valence-electron chi connectivity index (χ2n) is 17.4. The average Bonchev–Trinajstić information content (AvgIpc) is 3.04. The highest BCUT2D eigenvalue weighted by atomic mass is 16.6. The van der Waals surface area contributed by atoms with Crippen LogP contribution in [0.1, 0.15) is 115 Å². The standard InChI is InChI=1S/C42H60N6O8/c1-39(2,3)27-21-29(43)33(53-18-16-45-37(51)55-41(7,8)9)31(23-27)47-35(49)25-14-13-15-26(20-25)36(50)48-32-24-28(40(4,5)6)22-30(44)34(32)54-19-17-46-38(52)56-42(10,11)12/h13-15,20-24H,16-19,43-44H2,1-12H3,(H,45,51)(H,46,52)(H,47,49)(H,48,50). The molecule has 0 saturated carbocycles. The van der Waals surface area contributed by atoms with Gasteiger partial charge in [0.2, 0.25) is 0 Å². The van der Waals surface area contributed by atoms with Crippen LogP contribution in [-0.2, 0) is 20.3 Å². The van der Waals surface area contributed by atoms with Crippen LogP contribution < -0.4 is 42.2 Å². The lowest BCUT2D eigenvalue weighted by Gasteiger charge is -2.24. The molecule has 0 aliphatic heterocycles.